The summed E-state index contributed by atoms with van der Waals surface area (Å²) in [4.78, 5) is 31.5. The maximum atomic E-state index is 14.2. The van der Waals surface area contributed by atoms with Crippen LogP contribution < -0.4 is 5.32 Å². The van der Waals surface area contributed by atoms with E-state index in [1.807, 2.05) is 69.5 Å². The molecule has 7 nitrogen and oxygen atoms in total. The van der Waals surface area contributed by atoms with Crippen molar-refractivity contribution in [2.24, 2.45) is 23.2 Å². The predicted molar refractivity (Wildman–Crippen MR) is 151 cm³/mol. The molecule has 1 saturated heterocycles. The van der Waals surface area contributed by atoms with Gasteiger partial charge in [0.15, 0.2) is 5.78 Å². The second-order valence-electron chi connectivity index (χ2n) is 11.5. The van der Waals surface area contributed by atoms with Crippen molar-refractivity contribution in [3.8, 4) is 0 Å². The molecule has 1 aromatic heterocycles. The molecule has 5 N–H and O–H groups in total. The fraction of sp³-hybridized carbons (Fsp3) is 0.438. The van der Waals surface area contributed by atoms with Crippen molar-refractivity contribution in [1.82, 2.24) is 10.3 Å². The number of aliphatic hydroxyl groups is 3. The maximum absolute atomic E-state index is 14.2. The molecule has 0 bridgehead atoms. The molecule has 1 amide bonds. The largest absolute Gasteiger partial charge is 0.388 e. The minimum absolute atomic E-state index is 0.0430. The number of allylic oxidation sites excluding steroid dienone is 3. The summed E-state index contributed by atoms with van der Waals surface area (Å²) < 4.78 is 0. The number of hydrogen-bond donors (Lipinski definition) is 5. The smallest absolute Gasteiger partial charge is 0.235 e. The van der Waals surface area contributed by atoms with Crippen molar-refractivity contribution < 1.29 is 24.9 Å². The van der Waals surface area contributed by atoms with Gasteiger partial charge in [-0.3, -0.25) is 9.59 Å². The number of fused-ring (bicyclic) bond motifs is 1. The van der Waals surface area contributed by atoms with E-state index < -0.39 is 47.3 Å². The van der Waals surface area contributed by atoms with Crippen LogP contribution in [-0.2, 0) is 16.0 Å². The summed E-state index contributed by atoms with van der Waals surface area (Å²) >= 11 is 0. The third-order valence-electron chi connectivity index (χ3n) is 9.14. The highest BCUT2D eigenvalue weighted by molar-refractivity contribution is 6.14. The zero-order chi connectivity index (χ0) is 28.1. The quantitative estimate of drug-likeness (QED) is 0.300. The van der Waals surface area contributed by atoms with E-state index in [2.05, 4.69) is 10.3 Å². The first-order valence-electron chi connectivity index (χ1n) is 13.7. The van der Waals surface area contributed by atoms with Gasteiger partial charge in [0.1, 0.15) is 17.6 Å². The SMILES string of the molecule is CC1=C(C)[C@H]2[C@H](Cc3c[nH]c4ccccc34)NC(=O)[C@]23C(=O)/C=C\[C@H](O)[C@H](O)/C(C)=C/[C@@H](C)C/C=C/[C@H]3[C@@H]1O. The van der Waals surface area contributed by atoms with E-state index >= 15 is 0 Å². The summed E-state index contributed by atoms with van der Waals surface area (Å²) in [7, 11) is 0. The molecule has 7 heteroatoms. The lowest BCUT2D eigenvalue weighted by molar-refractivity contribution is -0.144. The van der Waals surface area contributed by atoms with Crippen LogP contribution in [0.4, 0.5) is 0 Å². The Morgan fingerprint density at radius 3 is 2.51 bits per heavy atom. The van der Waals surface area contributed by atoms with E-state index in [-0.39, 0.29) is 12.0 Å². The van der Waals surface area contributed by atoms with Gasteiger partial charge in [0, 0.05) is 35.0 Å². The van der Waals surface area contributed by atoms with Crippen LogP contribution in [0.1, 0.15) is 39.7 Å². The molecule has 2 heterocycles. The van der Waals surface area contributed by atoms with E-state index in [9.17, 15) is 24.9 Å². The molecule has 2 aliphatic carbocycles. The Morgan fingerprint density at radius 2 is 1.74 bits per heavy atom. The first-order chi connectivity index (χ1) is 18.6. The van der Waals surface area contributed by atoms with Gasteiger partial charge in [-0.25, -0.2) is 0 Å². The number of carbonyl (C=O) groups is 2. The number of benzene rings is 1. The lowest BCUT2D eigenvalue weighted by Crippen LogP contribution is -2.55. The first kappa shape index (κ1) is 27.3. The highest BCUT2D eigenvalue weighted by Crippen LogP contribution is 2.55. The van der Waals surface area contributed by atoms with Gasteiger partial charge in [-0.05, 0) is 74.5 Å². The molecule has 206 valence electrons. The van der Waals surface area contributed by atoms with Gasteiger partial charge >= 0.3 is 0 Å². The summed E-state index contributed by atoms with van der Waals surface area (Å²) in [6.07, 6.45) is 7.71. The zero-order valence-electron chi connectivity index (χ0n) is 22.9. The summed E-state index contributed by atoms with van der Waals surface area (Å²) in [5.74, 6) is -2.14. The van der Waals surface area contributed by atoms with E-state index in [0.717, 1.165) is 27.6 Å². The molecule has 1 fully saturated rings. The van der Waals surface area contributed by atoms with Crippen LogP contribution >= 0.6 is 0 Å². The van der Waals surface area contributed by atoms with E-state index in [4.69, 9.17) is 0 Å². The number of nitrogens with one attached hydrogen (secondary N) is 2. The van der Waals surface area contributed by atoms with Crippen LogP contribution in [-0.4, -0.2) is 56.3 Å². The molecular weight excluding hydrogens is 492 g/mol. The minimum atomic E-state index is -1.59. The van der Waals surface area contributed by atoms with Gasteiger partial charge in [-0.1, -0.05) is 48.9 Å². The second-order valence-corrected chi connectivity index (χ2v) is 11.5. The number of amides is 1. The van der Waals surface area contributed by atoms with Crippen molar-refractivity contribution in [1.29, 1.82) is 0 Å². The van der Waals surface area contributed by atoms with Crippen molar-refractivity contribution in [3.05, 3.63) is 83.1 Å². The Balaban J connectivity index is 1.64. The Labute approximate surface area is 229 Å². The lowest BCUT2D eigenvalue weighted by atomic mass is 9.55. The maximum Gasteiger partial charge on any atom is 0.235 e. The van der Waals surface area contributed by atoms with Gasteiger partial charge in [0.05, 0.1) is 6.10 Å². The topological polar surface area (TPSA) is 123 Å². The molecule has 1 aromatic carbocycles. The van der Waals surface area contributed by atoms with Gasteiger partial charge in [0.25, 0.3) is 0 Å². The van der Waals surface area contributed by atoms with Crippen LogP contribution in [0, 0.1) is 23.2 Å². The first-order valence-corrected chi connectivity index (χ1v) is 13.7. The van der Waals surface area contributed by atoms with Gasteiger partial charge < -0.3 is 25.6 Å². The molecule has 39 heavy (non-hydrogen) atoms. The van der Waals surface area contributed by atoms with Gasteiger partial charge in [-0.2, -0.15) is 0 Å². The van der Waals surface area contributed by atoms with Crippen LogP contribution in [0.3, 0.4) is 0 Å². The van der Waals surface area contributed by atoms with E-state index in [1.165, 1.54) is 12.2 Å². The van der Waals surface area contributed by atoms with E-state index in [0.29, 0.717) is 18.4 Å². The summed E-state index contributed by atoms with van der Waals surface area (Å²) in [5, 5.41) is 37.0. The molecule has 1 aliphatic heterocycles. The number of hydrogen-bond acceptors (Lipinski definition) is 5. The molecular formula is C32H38N2O5. The average molecular weight is 531 g/mol. The van der Waals surface area contributed by atoms with Crippen LogP contribution in [0.25, 0.3) is 10.9 Å². The molecule has 2 aromatic rings. The molecule has 5 rings (SSSR count). The Morgan fingerprint density at radius 1 is 1.00 bits per heavy atom. The van der Waals surface area contributed by atoms with Crippen LogP contribution in [0.5, 0.6) is 0 Å². The van der Waals surface area contributed by atoms with E-state index in [1.54, 1.807) is 6.92 Å². The highest BCUT2D eigenvalue weighted by Gasteiger charge is 2.66. The van der Waals surface area contributed by atoms with Crippen molar-refractivity contribution in [2.75, 3.05) is 0 Å². The molecule has 3 aliphatic rings. The number of aromatic amines is 1. The normalized spacial score (nSPS) is 38.5. The second kappa shape index (κ2) is 10.4. The van der Waals surface area contributed by atoms with Gasteiger partial charge in [-0.15, -0.1) is 0 Å². The minimum Gasteiger partial charge on any atom is -0.388 e. The van der Waals surface area contributed by atoms with Gasteiger partial charge in [0.2, 0.25) is 5.91 Å². The molecule has 0 unspecified atom stereocenters. The third-order valence-corrected chi connectivity index (χ3v) is 9.14. The summed E-state index contributed by atoms with van der Waals surface area (Å²) in [6.45, 7) is 7.52. The Hall–Kier alpha value is -3.26. The lowest BCUT2D eigenvalue weighted by Gasteiger charge is -2.45. The summed E-state index contributed by atoms with van der Waals surface area (Å²) in [5.41, 5.74) is 2.66. The molecule has 0 radical (unpaired) electrons. The standard InChI is InChI=1S/C32H38N2O5/c1-17-8-7-10-23-30(38)20(4)19(3)28-25(15-21-16-33-24-11-6-5-9-22(21)24)34-31(39)32(23,28)27(36)13-12-26(35)29(37)18(2)14-17/h5-7,9-14,16-17,23,25-26,28-30,33,35,37-38H,8,15H2,1-4H3,(H,34,39)/b10-7+,13-12-,18-14+/t17-,23-,25-,26-,28-,29+,30+,32+/m0/s1. The molecule has 1 spiro atoms. The zero-order valence-corrected chi connectivity index (χ0v) is 22.9. The number of para-hydroxylation sites is 1. The number of H-pyrrole nitrogens is 1. The molecule has 8 atom stereocenters. The molecule has 0 saturated carbocycles. The van der Waals surface area contributed by atoms with Crippen molar-refractivity contribution in [2.45, 2.75) is 64.9 Å². The van der Waals surface area contributed by atoms with Crippen molar-refractivity contribution >= 4 is 22.6 Å². The predicted octanol–water partition coefficient (Wildman–Crippen LogP) is 3.53. The number of aliphatic hydroxyl groups excluding tert-OH is 3. The number of aromatic nitrogens is 1. The Bertz CT molecular complexity index is 1410. The average Bonchev–Trinajstić information content (AvgIpc) is 3.45. The monoisotopic (exact) mass is 530 g/mol. The number of ketones is 1. The fourth-order valence-electron chi connectivity index (χ4n) is 6.98. The Kier molecular flexibility index (Phi) is 7.27. The van der Waals surface area contributed by atoms with Crippen LogP contribution in [0.2, 0.25) is 0 Å². The fourth-order valence-corrected chi connectivity index (χ4v) is 6.98. The number of carbonyl (C=O) groups excluding carboxylic acids is 2. The third kappa shape index (κ3) is 4.42. The number of rotatable bonds is 2. The summed E-state index contributed by atoms with van der Waals surface area (Å²) in [6, 6.07) is 7.60. The highest BCUT2D eigenvalue weighted by atomic mass is 16.3. The van der Waals surface area contributed by atoms with Crippen LogP contribution in [0.15, 0.2) is 77.6 Å². The van der Waals surface area contributed by atoms with Crippen molar-refractivity contribution in [3.63, 3.8) is 0 Å².